The molecule has 0 N–H and O–H groups in total. The molecule has 0 amide bonds. The van der Waals surface area contributed by atoms with Crippen LogP contribution in [0.5, 0.6) is 0 Å². The van der Waals surface area contributed by atoms with Crippen molar-refractivity contribution < 1.29 is 42.4 Å². The molecule has 322 valence electrons. The Hall–Kier alpha value is -2.96. The van der Waals surface area contributed by atoms with Gasteiger partial charge in [0.25, 0.3) is 8.32 Å². The van der Waals surface area contributed by atoms with Crippen LogP contribution >= 0.6 is 0 Å². The summed E-state index contributed by atoms with van der Waals surface area (Å²) in [6.45, 7) is 13.0. The Morgan fingerprint density at radius 2 is 1.44 bits per heavy atom. The molecule has 0 spiro atoms. The molecule has 3 aliphatic carbocycles. The number of hydrogen-bond acceptors (Lipinski definition) is 9. The molecule has 14 atom stereocenters. The van der Waals surface area contributed by atoms with Crippen LogP contribution in [0.25, 0.3) is 0 Å². The van der Waals surface area contributed by atoms with Gasteiger partial charge in [-0.2, -0.15) is 0 Å². The minimum absolute atomic E-state index is 0.0192. The molecule has 3 fully saturated rings. The molecule has 0 bridgehead atoms. The zero-order valence-corrected chi connectivity index (χ0v) is 37.7. The third-order valence-electron chi connectivity index (χ3n) is 14.4. The number of ether oxygens (including phenoxy) is 6. The highest BCUT2D eigenvalue weighted by atomic mass is 28.4. The molecular formula is C49H68O9Si. The van der Waals surface area contributed by atoms with E-state index in [9.17, 15) is 4.79 Å². The quantitative estimate of drug-likeness (QED) is 0.136. The number of fused-ring (bicyclic) bond motifs is 5. The topological polar surface area (TPSA) is 98.8 Å². The van der Waals surface area contributed by atoms with E-state index in [-0.39, 0.29) is 89.4 Å². The fraction of sp³-hybridized carbons (Fsp3) is 0.633. The highest BCUT2D eigenvalue weighted by molar-refractivity contribution is 6.99. The van der Waals surface area contributed by atoms with Crippen molar-refractivity contribution in [1.29, 1.82) is 0 Å². The van der Waals surface area contributed by atoms with Gasteiger partial charge in [-0.05, 0) is 90.1 Å². The lowest BCUT2D eigenvalue weighted by Crippen LogP contribution is -2.68. The van der Waals surface area contributed by atoms with Crippen LogP contribution in [0, 0.1) is 35.5 Å². The van der Waals surface area contributed by atoms with Crippen molar-refractivity contribution in [1.82, 2.24) is 0 Å². The minimum atomic E-state index is -2.98. The van der Waals surface area contributed by atoms with E-state index in [0.717, 1.165) is 37.7 Å². The summed E-state index contributed by atoms with van der Waals surface area (Å²) in [5.41, 5.74) is 0.765. The van der Waals surface area contributed by atoms with Gasteiger partial charge in [0.05, 0.1) is 24.7 Å². The molecule has 0 unspecified atom stereocenters. The molecule has 10 heteroatoms. The summed E-state index contributed by atoms with van der Waals surface area (Å²) in [4.78, 5) is 29.0. The fourth-order valence-corrected chi connectivity index (χ4v) is 16.2. The number of benzene rings is 2. The van der Waals surface area contributed by atoms with E-state index in [4.69, 9.17) is 32.8 Å². The Kier molecular flexibility index (Phi) is 13.9. The number of carbonyl (C=O) groups is 2. The number of methoxy groups -OCH3 is 3. The Morgan fingerprint density at radius 1 is 0.797 bits per heavy atom. The van der Waals surface area contributed by atoms with E-state index in [1.807, 2.05) is 6.92 Å². The van der Waals surface area contributed by atoms with Gasteiger partial charge >= 0.3 is 5.97 Å². The number of esters is 1. The molecule has 2 aromatic carbocycles. The molecule has 2 aliphatic heterocycles. The number of cyclic esters (lactones) is 1. The average molecular weight is 829 g/mol. The van der Waals surface area contributed by atoms with Crippen molar-refractivity contribution in [3.63, 3.8) is 0 Å². The molecule has 59 heavy (non-hydrogen) atoms. The predicted molar refractivity (Wildman–Crippen MR) is 231 cm³/mol. The molecule has 1 saturated carbocycles. The normalized spacial score (nSPS) is 36.7. The summed E-state index contributed by atoms with van der Waals surface area (Å²) in [5.74, 6) is -0.153. The van der Waals surface area contributed by atoms with E-state index in [1.165, 1.54) is 10.4 Å². The van der Waals surface area contributed by atoms with Crippen molar-refractivity contribution in [2.24, 2.45) is 35.5 Å². The van der Waals surface area contributed by atoms with Gasteiger partial charge in [-0.25, -0.2) is 0 Å². The van der Waals surface area contributed by atoms with E-state index in [1.54, 1.807) is 21.3 Å². The van der Waals surface area contributed by atoms with Gasteiger partial charge in [0, 0.05) is 33.2 Å². The number of hydrogen-bond donors (Lipinski definition) is 0. The van der Waals surface area contributed by atoms with Gasteiger partial charge in [0.2, 0.25) is 0 Å². The minimum Gasteiger partial charge on any atom is -0.462 e. The van der Waals surface area contributed by atoms with Gasteiger partial charge in [0.15, 0.2) is 12.1 Å². The highest BCUT2D eigenvalue weighted by Crippen LogP contribution is 2.54. The summed E-state index contributed by atoms with van der Waals surface area (Å²) in [6.07, 6.45) is 9.16. The lowest BCUT2D eigenvalue weighted by Gasteiger charge is -2.46. The summed E-state index contributed by atoms with van der Waals surface area (Å²) in [6, 6.07) is 21.4. The SMILES string of the molecule is CC[C@H]1CCC[C@H](O[Si](c2ccccc2)(c2ccccc2)C(C)(C)C)[C@@H](C)C(=O)C2=C[C@@H]3[C@@H](C=C[C@@H]4C[C@@H](O[C@@H]5O[C@H](C)[C@H](OC)[C@H](OC)[C@@H]5OC)C[C@@H]34)[C@@H]2CC(=O)O1. The number of allylic oxidation sites excluding steroid dienone is 4. The Morgan fingerprint density at radius 3 is 2.03 bits per heavy atom. The van der Waals surface area contributed by atoms with Gasteiger partial charge in [-0.15, -0.1) is 0 Å². The van der Waals surface area contributed by atoms with Crippen LogP contribution in [0.3, 0.4) is 0 Å². The largest absolute Gasteiger partial charge is 0.462 e. The molecule has 2 aromatic rings. The van der Waals surface area contributed by atoms with Gasteiger partial charge < -0.3 is 32.8 Å². The van der Waals surface area contributed by atoms with E-state index in [0.29, 0.717) is 6.42 Å². The van der Waals surface area contributed by atoms with Gasteiger partial charge in [-0.3, -0.25) is 9.59 Å². The molecule has 7 rings (SSSR count). The zero-order chi connectivity index (χ0) is 42.1. The van der Waals surface area contributed by atoms with E-state index < -0.39 is 26.6 Å². The second-order valence-corrected chi connectivity index (χ2v) is 23.0. The molecule has 2 heterocycles. The number of carbonyl (C=O) groups excluding carboxylic acids is 2. The Balaban J connectivity index is 1.20. The van der Waals surface area contributed by atoms with Crippen LogP contribution in [0.4, 0.5) is 0 Å². The van der Waals surface area contributed by atoms with Crippen molar-refractivity contribution in [2.75, 3.05) is 21.3 Å². The molecule has 5 aliphatic rings. The third-order valence-corrected chi connectivity index (χ3v) is 19.5. The second kappa shape index (κ2) is 18.6. The molecular weight excluding hydrogens is 761 g/mol. The highest BCUT2D eigenvalue weighted by Gasteiger charge is 2.55. The summed E-state index contributed by atoms with van der Waals surface area (Å²) in [5, 5.41) is 2.16. The van der Waals surface area contributed by atoms with Crippen LogP contribution in [0.15, 0.2) is 84.5 Å². The van der Waals surface area contributed by atoms with Crippen LogP contribution in [-0.4, -0.2) is 90.4 Å². The molecule has 9 nitrogen and oxygen atoms in total. The smallest absolute Gasteiger partial charge is 0.306 e. The summed E-state index contributed by atoms with van der Waals surface area (Å²) >= 11 is 0. The van der Waals surface area contributed by atoms with Crippen molar-refractivity contribution in [2.45, 2.75) is 141 Å². The van der Waals surface area contributed by atoms with Crippen LogP contribution in [0.1, 0.15) is 86.5 Å². The average Bonchev–Trinajstić information content (AvgIpc) is 3.81. The van der Waals surface area contributed by atoms with Crippen LogP contribution < -0.4 is 10.4 Å². The predicted octanol–water partition coefficient (Wildman–Crippen LogP) is 7.59. The number of rotatable bonds is 10. The summed E-state index contributed by atoms with van der Waals surface area (Å²) in [7, 11) is 2.00. The third kappa shape index (κ3) is 8.62. The van der Waals surface area contributed by atoms with Crippen molar-refractivity contribution >= 4 is 30.4 Å². The Bertz CT molecular complexity index is 1750. The fourth-order valence-electron chi connectivity index (χ4n) is 11.4. The maximum Gasteiger partial charge on any atom is 0.306 e. The number of ketones is 1. The first-order valence-corrected chi connectivity index (χ1v) is 24.1. The lowest BCUT2D eigenvalue weighted by molar-refractivity contribution is -0.314. The zero-order valence-electron chi connectivity index (χ0n) is 36.7. The van der Waals surface area contributed by atoms with Gasteiger partial charge in [-0.1, -0.05) is 114 Å². The maximum atomic E-state index is 15.3. The first kappa shape index (κ1) is 44.1. The van der Waals surface area contributed by atoms with E-state index in [2.05, 4.69) is 114 Å². The van der Waals surface area contributed by atoms with Crippen molar-refractivity contribution in [3.8, 4) is 0 Å². The van der Waals surface area contributed by atoms with Crippen LogP contribution in [0.2, 0.25) is 5.04 Å². The maximum absolute atomic E-state index is 15.3. The standard InChI is InChI=1S/C49H68O9Si/c1-10-33-18-17-23-42(58-59(49(4,5)6,35-19-13-11-14-20-35)36-21-15-12-16-22-36)30(2)44(51)41-28-39-37(40(41)29-43(50)56-33)25-24-32-26-34(27-38(32)39)57-48-47(54-9)46(53-8)45(52-7)31(3)55-48/h11-16,19-22,24-25,28,30-34,37-40,42,45-48H,10,17-18,23,26-27,29H2,1-9H3/t30-,31-,32-,33+,34-,37-,38-,39-,40+,42+,45+,46+,47+,48+/m1/s1. The lowest BCUT2D eigenvalue weighted by atomic mass is 9.70. The second-order valence-electron chi connectivity index (χ2n) is 18.8. The van der Waals surface area contributed by atoms with Crippen LogP contribution in [-0.2, 0) is 42.4 Å². The van der Waals surface area contributed by atoms with E-state index >= 15 is 4.79 Å². The van der Waals surface area contributed by atoms with Crippen molar-refractivity contribution in [3.05, 3.63) is 84.5 Å². The Labute approximate surface area is 353 Å². The van der Waals surface area contributed by atoms with Gasteiger partial charge in [0.1, 0.15) is 24.4 Å². The summed E-state index contributed by atoms with van der Waals surface area (Å²) < 4.78 is 44.6. The molecule has 0 radical (unpaired) electrons. The molecule has 2 saturated heterocycles. The number of Topliss-reactive ketones (excluding diaryl/α,β-unsaturated/α-hetero) is 1. The monoisotopic (exact) mass is 828 g/mol. The molecule has 0 aromatic heterocycles. The first-order chi connectivity index (χ1) is 28.3. The first-order valence-electron chi connectivity index (χ1n) is 22.2.